The monoisotopic (exact) mass is 418 g/mol. The lowest BCUT2D eigenvalue weighted by molar-refractivity contribution is -0.122. The molecule has 1 amide bonds. The molecule has 2 aromatic rings. The molecule has 29 heavy (non-hydrogen) atoms. The number of ether oxygens (including phenoxy) is 1. The van der Waals surface area contributed by atoms with E-state index in [0.717, 1.165) is 11.4 Å². The number of nitrogens with zero attached hydrogens (tertiary/aromatic N) is 3. The molecule has 8 nitrogen and oxygen atoms in total. The van der Waals surface area contributed by atoms with E-state index in [-0.39, 0.29) is 24.8 Å². The molecule has 0 saturated carbocycles. The van der Waals surface area contributed by atoms with Crippen LogP contribution in [-0.2, 0) is 14.8 Å². The highest BCUT2D eigenvalue weighted by atomic mass is 32.2. The standard InChI is InChI=1S/C20H26N4O4S/c1-17-5-7-18(8-6-17)28-16-20(25)22-10-15-29(26,27)24-13-11-23(12-14-24)19-4-2-3-9-21-19/h2-9H,10-16H2,1H3,(H,22,25). The van der Waals surface area contributed by atoms with Crippen molar-refractivity contribution in [2.45, 2.75) is 6.92 Å². The van der Waals surface area contributed by atoms with Gasteiger partial charge in [0.2, 0.25) is 10.0 Å². The zero-order chi connectivity index (χ0) is 20.7. The summed E-state index contributed by atoms with van der Waals surface area (Å²) in [5.41, 5.74) is 1.10. The predicted octanol–water partition coefficient (Wildman–Crippen LogP) is 1.04. The van der Waals surface area contributed by atoms with Gasteiger partial charge in [0, 0.05) is 38.9 Å². The molecule has 1 aromatic heterocycles. The number of benzene rings is 1. The fourth-order valence-corrected chi connectivity index (χ4v) is 4.36. The first-order valence-corrected chi connectivity index (χ1v) is 11.1. The van der Waals surface area contributed by atoms with E-state index in [2.05, 4.69) is 15.2 Å². The maximum absolute atomic E-state index is 12.5. The molecule has 1 saturated heterocycles. The fraction of sp³-hybridized carbons (Fsp3) is 0.400. The molecule has 0 spiro atoms. The predicted molar refractivity (Wildman–Crippen MR) is 111 cm³/mol. The first kappa shape index (κ1) is 21.1. The SMILES string of the molecule is Cc1ccc(OCC(=O)NCCS(=O)(=O)N2CCN(c3ccccn3)CC2)cc1. The molecule has 1 aromatic carbocycles. The van der Waals surface area contributed by atoms with Crippen LogP contribution in [0.4, 0.5) is 5.82 Å². The molecule has 0 radical (unpaired) electrons. The van der Waals surface area contributed by atoms with E-state index in [1.807, 2.05) is 37.3 Å². The molecule has 1 aliphatic rings. The third kappa shape index (κ3) is 6.16. The Balaban J connectivity index is 1.38. The number of piperazine rings is 1. The highest BCUT2D eigenvalue weighted by Gasteiger charge is 2.27. The van der Waals surface area contributed by atoms with Crippen LogP contribution < -0.4 is 15.0 Å². The van der Waals surface area contributed by atoms with Crippen molar-refractivity contribution in [1.82, 2.24) is 14.6 Å². The maximum atomic E-state index is 12.5. The second-order valence-corrected chi connectivity index (χ2v) is 8.93. The van der Waals surface area contributed by atoms with Crippen LogP contribution in [0.1, 0.15) is 5.56 Å². The summed E-state index contributed by atoms with van der Waals surface area (Å²) < 4.78 is 31.9. The summed E-state index contributed by atoms with van der Waals surface area (Å²) in [6.45, 7) is 3.87. The van der Waals surface area contributed by atoms with Gasteiger partial charge in [0.1, 0.15) is 11.6 Å². The fourth-order valence-electron chi connectivity index (χ4n) is 3.02. The van der Waals surface area contributed by atoms with Gasteiger partial charge in [-0.2, -0.15) is 4.31 Å². The summed E-state index contributed by atoms with van der Waals surface area (Å²) in [6.07, 6.45) is 1.73. The number of carbonyl (C=O) groups excluding carboxylic acids is 1. The summed E-state index contributed by atoms with van der Waals surface area (Å²) in [5, 5.41) is 2.60. The van der Waals surface area contributed by atoms with Crippen molar-refractivity contribution in [2.24, 2.45) is 0 Å². The van der Waals surface area contributed by atoms with E-state index in [1.54, 1.807) is 18.3 Å². The maximum Gasteiger partial charge on any atom is 0.257 e. The molecule has 1 fully saturated rings. The van der Waals surface area contributed by atoms with Crippen LogP contribution >= 0.6 is 0 Å². The number of carbonyl (C=O) groups is 1. The molecule has 1 N–H and O–H groups in total. The van der Waals surface area contributed by atoms with Gasteiger partial charge < -0.3 is 15.0 Å². The van der Waals surface area contributed by atoms with Crippen molar-refractivity contribution < 1.29 is 17.9 Å². The number of anilines is 1. The average Bonchev–Trinajstić information content (AvgIpc) is 2.74. The third-order valence-electron chi connectivity index (χ3n) is 4.68. The second kappa shape index (κ2) is 9.71. The van der Waals surface area contributed by atoms with Gasteiger partial charge in [0.05, 0.1) is 5.75 Å². The molecule has 0 unspecified atom stereocenters. The Kier molecular flexibility index (Phi) is 7.05. The van der Waals surface area contributed by atoms with E-state index >= 15 is 0 Å². The minimum atomic E-state index is -3.43. The highest BCUT2D eigenvalue weighted by molar-refractivity contribution is 7.89. The lowest BCUT2D eigenvalue weighted by atomic mass is 10.2. The van der Waals surface area contributed by atoms with Crippen LogP contribution in [0.5, 0.6) is 5.75 Å². The molecular formula is C20H26N4O4S. The minimum absolute atomic E-state index is 0.0544. The van der Waals surface area contributed by atoms with E-state index < -0.39 is 10.0 Å². The lowest BCUT2D eigenvalue weighted by Crippen LogP contribution is -2.50. The summed E-state index contributed by atoms with van der Waals surface area (Å²) in [4.78, 5) is 18.3. The van der Waals surface area contributed by atoms with Gasteiger partial charge in [-0.1, -0.05) is 23.8 Å². The summed E-state index contributed by atoms with van der Waals surface area (Å²) in [5.74, 6) is 0.975. The van der Waals surface area contributed by atoms with Crippen molar-refractivity contribution in [2.75, 3.05) is 50.0 Å². The van der Waals surface area contributed by atoms with Gasteiger partial charge in [-0.15, -0.1) is 0 Å². The zero-order valence-corrected chi connectivity index (χ0v) is 17.3. The summed E-state index contributed by atoms with van der Waals surface area (Å²) in [6, 6.07) is 13.1. The van der Waals surface area contributed by atoms with Crippen LogP contribution in [0.25, 0.3) is 0 Å². The number of sulfonamides is 1. The van der Waals surface area contributed by atoms with Crippen molar-refractivity contribution in [3.63, 3.8) is 0 Å². The number of aromatic nitrogens is 1. The normalized spacial score (nSPS) is 15.1. The Bertz CT molecular complexity index is 896. The van der Waals surface area contributed by atoms with Crippen molar-refractivity contribution in [1.29, 1.82) is 0 Å². The highest BCUT2D eigenvalue weighted by Crippen LogP contribution is 2.14. The first-order chi connectivity index (χ1) is 13.9. The van der Waals surface area contributed by atoms with E-state index in [9.17, 15) is 13.2 Å². The molecule has 0 atom stereocenters. The van der Waals surface area contributed by atoms with Crippen LogP contribution in [0.15, 0.2) is 48.7 Å². The molecule has 2 heterocycles. The first-order valence-electron chi connectivity index (χ1n) is 9.54. The lowest BCUT2D eigenvalue weighted by Gasteiger charge is -2.34. The van der Waals surface area contributed by atoms with Crippen LogP contribution in [0, 0.1) is 6.92 Å². The quantitative estimate of drug-likeness (QED) is 0.689. The van der Waals surface area contributed by atoms with Crippen molar-refractivity contribution in [3.8, 4) is 5.75 Å². The van der Waals surface area contributed by atoms with Crippen molar-refractivity contribution >= 4 is 21.7 Å². The Morgan fingerprint density at radius 2 is 1.83 bits per heavy atom. The van der Waals surface area contributed by atoms with Gasteiger partial charge in [-0.3, -0.25) is 4.79 Å². The Labute approximate surface area is 171 Å². The largest absolute Gasteiger partial charge is 0.484 e. The number of nitrogens with one attached hydrogen (secondary N) is 1. The van der Waals surface area contributed by atoms with E-state index in [0.29, 0.717) is 31.9 Å². The van der Waals surface area contributed by atoms with E-state index in [4.69, 9.17) is 4.74 Å². The van der Waals surface area contributed by atoms with Gasteiger partial charge >= 0.3 is 0 Å². The summed E-state index contributed by atoms with van der Waals surface area (Å²) >= 11 is 0. The molecule has 3 rings (SSSR count). The van der Waals surface area contributed by atoms with Crippen LogP contribution in [-0.4, -0.2) is 68.7 Å². The molecule has 1 aliphatic heterocycles. The molecular weight excluding hydrogens is 392 g/mol. The Morgan fingerprint density at radius 1 is 1.10 bits per heavy atom. The third-order valence-corrected chi connectivity index (χ3v) is 6.55. The van der Waals surface area contributed by atoms with Crippen molar-refractivity contribution in [3.05, 3.63) is 54.2 Å². The second-order valence-electron chi connectivity index (χ2n) is 6.84. The molecule has 9 heteroatoms. The van der Waals surface area contributed by atoms with Gasteiger partial charge in [0.15, 0.2) is 6.61 Å². The van der Waals surface area contributed by atoms with Gasteiger partial charge in [-0.25, -0.2) is 13.4 Å². The molecule has 0 aliphatic carbocycles. The number of amides is 1. The summed E-state index contributed by atoms with van der Waals surface area (Å²) in [7, 11) is -3.43. The Hall–Kier alpha value is -2.65. The Morgan fingerprint density at radius 3 is 2.48 bits per heavy atom. The smallest absolute Gasteiger partial charge is 0.257 e. The topological polar surface area (TPSA) is 91.8 Å². The number of rotatable bonds is 8. The molecule has 156 valence electrons. The number of pyridine rings is 1. The number of hydrogen-bond donors (Lipinski definition) is 1. The van der Waals surface area contributed by atoms with Crippen LogP contribution in [0.2, 0.25) is 0 Å². The average molecular weight is 419 g/mol. The van der Waals surface area contributed by atoms with Gasteiger partial charge in [-0.05, 0) is 31.2 Å². The molecule has 0 bridgehead atoms. The number of aryl methyl sites for hydroxylation is 1. The number of hydrogen-bond acceptors (Lipinski definition) is 6. The van der Waals surface area contributed by atoms with Crippen LogP contribution in [0.3, 0.4) is 0 Å². The minimum Gasteiger partial charge on any atom is -0.484 e. The zero-order valence-electron chi connectivity index (χ0n) is 16.5. The van der Waals surface area contributed by atoms with E-state index in [1.165, 1.54) is 4.31 Å². The van der Waals surface area contributed by atoms with Gasteiger partial charge in [0.25, 0.3) is 5.91 Å².